The third kappa shape index (κ3) is 31.5. The first-order valence-electron chi connectivity index (χ1n) is 5.57. The van der Waals surface area contributed by atoms with Gasteiger partial charge >= 0.3 is 5.97 Å². The first-order chi connectivity index (χ1) is 10.0. The Hall–Kier alpha value is -3.37. The van der Waals surface area contributed by atoms with Gasteiger partial charge in [-0.05, 0) is 5.56 Å². The smallest absolute Gasteiger partial charge is 0.327 e. The van der Waals surface area contributed by atoms with Crippen molar-refractivity contribution in [3.8, 4) is 12.1 Å². The van der Waals surface area contributed by atoms with Crippen molar-refractivity contribution in [1.29, 1.82) is 10.5 Å². The Bertz CT molecular complexity index is 488. The molecule has 0 saturated carbocycles. The van der Waals surface area contributed by atoms with Crippen LogP contribution >= 0.6 is 0 Å². The van der Waals surface area contributed by atoms with Crippen molar-refractivity contribution in [2.45, 2.75) is 0 Å². The molecule has 4 heteroatoms. The second-order valence-electron chi connectivity index (χ2n) is 2.82. The van der Waals surface area contributed by atoms with Crippen LogP contribution in [0.3, 0.4) is 0 Å². The number of nitrogens with zero attached hydrogens (tertiary/aromatic N) is 2. The average molecular weight is 282 g/mol. The lowest BCUT2D eigenvalue weighted by Crippen LogP contribution is -1.82. The van der Waals surface area contributed by atoms with Gasteiger partial charge in [-0.1, -0.05) is 62.7 Å². The molecule has 0 spiro atoms. The third-order valence-electron chi connectivity index (χ3n) is 1.39. The number of nitriles is 2. The number of carboxylic acids is 1. The van der Waals surface area contributed by atoms with Crippen molar-refractivity contribution >= 4 is 12.0 Å². The van der Waals surface area contributed by atoms with Crippen molar-refractivity contribution in [2.75, 3.05) is 0 Å². The molecule has 4 nitrogen and oxygen atoms in total. The van der Waals surface area contributed by atoms with E-state index in [-0.39, 0.29) is 0 Å². The van der Waals surface area contributed by atoms with Crippen LogP contribution in [0.1, 0.15) is 5.56 Å². The molecule has 21 heavy (non-hydrogen) atoms. The first-order valence-corrected chi connectivity index (χ1v) is 5.57. The summed E-state index contributed by atoms with van der Waals surface area (Å²) in [7, 11) is 0. The van der Waals surface area contributed by atoms with E-state index in [2.05, 4.69) is 26.3 Å². The highest BCUT2D eigenvalue weighted by Gasteiger charge is 1.75. The Balaban J connectivity index is -0.000000219. The van der Waals surface area contributed by atoms with E-state index in [1.165, 1.54) is 17.7 Å². The lowest BCUT2D eigenvalue weighted by molar-refractivity contribution is -0.131. The average Bonchev–Trinajstić information content (AvgIpc) is 2.56. The molecule has 1 rings (SSSR count). The number of carbonyl (C=O) groups is 1. The van der Waals surface area contributed by atoms with Gasteiger partial charge in [0.05, 0.1) is 12.1 Å². The Morgan fingerprint density at radius 2 is 1.33 bits per heavy atom. The SMILES string of the molecule is C=CC#N.C=CC#N.C=CC(=O)O.C=Cc1ccccc1. The molecule has 0 fully saturated rings. The molecule has 1 N–H and O–H groups in total. The Kier molecular flexibility index (Phi) is 23.7. The molecular weight excluding hydrogens is 264 g/mol. The van der Waals surface area contributed by atoms with E-state index in [0.29, 0.717) is 0 Å². The van der Waals surface area contributed by atoms with E-state index in [9.17, 15) is 4.79 Å². The van der Waals surface area contributed by atoms with Gasteiger partial charge in [-0.15, -0.1) is 0 Å². The standard InChI is InChI=1S/C8H8.2C3H3N.C3H4O2/c1-2-8-6-4-3-5-7-8;2*1-2-3-4;1-2-3(4)5/h2-7H,1H2;2*2H,1H2;2H,1H2,(H,4,5). The van der Waals surface area contributed by atoms with E-state index in [0.717, 1.165) is 6.08 Å². The van der Waals surface area contributed by atoms with Gasteiger partial charge in [-0.3, -0.25) is 0 Å². The van der Waals surface area contributed by atoms with Crippen LogP contribution in [-0.4, -0.2) is 11.1 Å². The van der Waals surface area contributed by atoms with Crippen LogP contribution < -0.4 is 0 Å². The van der Waals surface area contributed by atoms with Gasteiger partial charge in [0.15, 0.2) is 0 Å². The van der Waals surface area contributed by atoms with E-state index < -0.39 is 5.97 Å². The second-order valence-corrected chi connectivity index (χ2v) is 2.82. The van der Waals surface area contributed by atoms with Crippen LogP contribution in [0.25, 0.3) is 6.08 Å². The quantitative estimate of drug-likeness (QED) is 0.656. The summed E-state index contributed by atoms with van der Waals surface area (Å²) in [6.45, 7) is 12.8. The third-order valence-corrected chi connectivity index (χ3v) is 1.39. The summed E-state index contributed by atoms with van der Waals surface area (Å²) in [4.78, 5) is 9.25. The molecule has 0 aromatic heterocycles. The lowest BCUT2D eigenvalue weighted by atomic mass is 10.2. The summed E-state index contributed by atoms with van der Waals surface area (Å²) >= 11 is 0. The molecule has 1 aromatic carbocycles. The highest BCUT2D eigenvalue weighted by molar-refractivity contribution is 5.78. The van der Waals surface area contributed by atoms with Crippen LogP contribution in [0.4, 0.5) is 0 Å². The molecule has 0 saturated heterocycles. The lowest BCUT2D eigenvalue weighted by Gasteiger charge is -1.85. The van der Waals surface area contributed by atoms with Gasteiger partial charge in [-0.25, -0.2) is 4.79 Å². The van der Waals surface area contributed by atoms with Crippen molar-refractivity contribution < 1.29 is 9.90 Å². The van der Waals surface area contributed by atoms with Crippen molar-refractivity contribution in [1.82, 2.24) is 0 Å². The summed E-state index contributed by atoms with van der Waals surface area (Å²) in [5, 5.41) is 22.6. The van der Waals surface area contributed by atoms with E-state index in [4.69, 9.17) is 15.6 Å². The number of benzene rings is 1. The van der Waals surface area contributed by atoms with Gasteiger partial charge in [0, 0.05) is 18.2 Å². The molecule has 0 radical (unpaired) electrons. The minimum Gasteiger partial charge on any atom is -0.478 e. The zero-order chi connectivity index (χ0) is 16.9. The molecule has 0 heterocycles. The minimum absolute atomic E-state index is 0.833. The van der Waals surface area contributed by atoms with Crippen LogP contribution in [0.2, 0.25) is 0 Å². The zero-order valence-corrected chi connectivity index (χ0v) is 11.8. The fourth-order valence-electron chi connectivity index (χ4n) is 0.589. The Morgan fingerprint density at radius 1 is 1.00 bits per heavy atom. The van der Waals surface area contributed by atoms with Crippen molar-refractivity contribution in [3.63, 3.8) is 0 Å². The molecule has 0 bridgehead atoms. The largest absolute Gasteiger partial charge is 0.478 e. The maximum atomic E-state index is 9.25. The van der Waals surface area contributed by atoms with E-state index >= 15 is 0 Å². The van der Waals surface area contributed by atoms with Crippen LogP contribution in [0, 0.1) is 22.7 Å². The fourth-order valence-corrected chi connectivity index (χ4v) is 0.589. The predicted octanol–water partition coefficient (Wildman–Crippen LogP) is 3.98. The van der Waals surface area contributed by atoms with Gasteiger partial charge in [0.1, 0.15) is 0 Å². The van der Waals surface area contributed by atoms with Gasteiger partial charge in [-0.2, -0.15) is 10.5 Å². The maximum absolute atomic E-state index is 9.25. The Labute approximate surface area is 125 Å². The summed E-state index contributed by atoms with van der Waals surface area (Å²) in [5.41, 5.74) is 1.17. The molecule has 0 amide bonds. The molecule has 0 unspecified atom stereocenters. The molecule has 0 aliphatic heterocycles. The summed E-state index contributed by atoms with van der Waals surface area (Å²) in [6, 6.07) is 13.4. The molecular formula is C17H18N2O2. The van der Waals surface area contributed by atoms with Crippen LogP contribution in [0.15, 0.2) is 74.9 Å². The minimum atomic E-state index is -0.981. The predicted molar refractivity (Wildman–Crippen MR) is 86.0 cm³/mol. The first kappa shape index (κ1) is 22.8. The summed E-state index contributed by atoms with van der Waals surface area (Å²) in [5.74, 6) is -0.981. The van der Waals surface area contributed by atoms with Gasteiger partial charge in [0.2, 0.25) is 0 Å². The maximum Gasteiger partial charge on any atom is 0.327 e. The highest BCUT2D eigenvalue weighted by Crippen LogP contribution is 1.97. The number of carboxylic acid groups (broad SMARTS) is 1. The number of hydrogen-bond acceptors (Lipinski definition) is 3. The van der Waals surface area contributed by atoms with Crippen LogP contribution in [0.5, 0.6) is 0 Å². The van der Waals surface area contributed by atoms with E-state index in [1.54, 1.807) is 12.1 Å². The monoisotopic (exact) mass is 282 g/mol. The molecule has 0 aliphatic carbocycles. The summed E-state index contributed by atoms with van der Waals surface area (Å²) in [6.07, 6.45) is 5.03. The summed E-state index contributed by atoms with van der Waals surface area (Å²) < 4.78 is 0. The van der Waals surface area contributed by atoms with Crippen LogP contribution in [-0.2, 0) is 4.79 Å². The molecule has 1 aromatic rings. The number of hydrogen-bond donors (Lipinski definition) is 1. The second kappa shape index (κ2) is 21.9. The fraction of sp³-hybridized carbons (Fsp3) is 0. The Morgan fingerprint density at radius 3 is 1.48 bits per heavy atom. The highest BCUT2D eigenvalue weighted by atomic mass is 16.4. The molecule has 0 atom stereocenters. The molecule has 0 aliphatic rings. The van der Waals surface area contributed by atoms with E-state index in [1.807, 2.05) is 36.4 Å². The van der Waals surface area contributed by atoms with Gasteiger partial charge < -0.3 is 5.11 Å². The van der Waals surface area contributed by atoms with Gasteiger partial charge in [0.25, 0.3) is 0 Å². The van der Waals surface area contributed by atoms with Crippen molar-refractivity contribution in [2.24, 2.45) is 0 Å². The number of aliphatic carboxylic acids is 1. The number of allylic oxidation sites excluding steroid dienone is 2. The normalized spacial score (nSPS) is 6.19. The number of rotatable bonds is 2. The topological polar surface area (TPSA) is 84.9 Å². The van der Waals surface area contributed by atoms with Crippen molar-refractivity contribution in [3.05, 3.63) is 80.4 Å². The molecule has 108 valence electrons. The zero-order valence-electron chi connectivity index (χ0n) is 11.8.